The van der Waals surface area contributed by atoms with Crippen LogP contribution in [0.5, 0.6) is 5.75 Å². The zero-order valence-electron chi connectivity index (χ0n) is 12.6. The lowest BCUT2D eigenvalue weighted by Gasteiger charge is -2.21. The van der Waals surface area contributed by atoms with Crippen LogP contribution in [0.3, 0.4) is 0 Å². The summed E-state index contributed by atoms with van der Waals surface area (Å²) in [5.74, 6) is -0.233. The van der Waals surface area contributed by atoms with Crippen LogP contribution in [0.4, 0.5) is 11.4 Å². The molecular weight excluding hydrogens is 296 g/mol. The van der Waals surface area contributed by atoms with Gasteiger partial charge in [-0.05, 0) is 24.3 Å². The number of para-hydroxylation sites is 1. The zero-order chi connectivity index (χ0) is 16.8. The summed E-state index contributed by atoms with van der Waals surface area (Å²) in [7, 11) is 1.35. The Kier molecular flexibility index (Phi) is 5.09. The van der Waals surface area contributed by atoms with Crippen molar-refractivity contribution in [2.24, 2.45) is 0 Å². The predicted molar refractivity (Wildman–Crippen MR) is 88.0 cm³/mol. The molecule has 23 heavy (non-hydrogen) atoms. The molecule has 0 spiro atoms. The molecule has 6 heteroatoms. The highest BCUT2D eigenvalue weighted by molar-refractivity contribution is 6.06. The molecule has 0 bridgehead atoms. The van der Waals surface area contributed by atoms with Gasteiger partial charge >= 0.3 is 5.69 Å². The van der Waals surface area contributed by atoms with Crippen LogP contribution in [0.25, 0.3) is 0 Å². The van der Waals surface area contributed by atoms with E-state index in [2.05, 4.69) is 6.58 Å². The van der Waals surface area contributed by atoms with Crippen molar-refractivity contribution >= 4 is 17.3 Å². The monoisotopic (exact) mass is 312 g/mol. The Morgan fingerprint density at radius 1 is 1.30 bits per heavy atom. The number of rotatable bonds is 6. The third-order valence-electron chi connectivity index (χ3n) is 3.25. The molecule has 0 aliphatic rings. The molecule has 0 radical (unpaired) electrons. The van der Waals surface area contributed by atoms with E-state index in [0.717, 1.165) is 0 Å². The highest BCUT2D eigenvalue weighted by Gasteiger charge is 2.22. The number of hydrogen-bond acceptors (Lipinski definition) is 4. The molecule has 0 unspecified atom stereocenters. The number of hydrogen-bond donors (Lipinski definition) is 0. The van der Waals surface area contributed by atoms with Crippen LogP contribution in [0.1, 0.15) is 10.4 Å². The quantitative estimate of drug-likeness (QED) is 0.465. The Morgan fingerprint density at radius 3 is 2.57 bits per heavy atom. The molecule has 2 rings (SSSR count). The first-order chi connectivity index (χ1) is 11.1. The lowest BCUT2D eigenvalue weighted by atomic mass is 10.1. The van der Waals surface area contributed by atoms with E-state index < -0.39 is 4.92 Å². The van der Waals surface area contributed by atoms with Crippen molar-refractivity contribution in [1.29, 1.82) is 0 Å². The first-order valence-electron chi connectivity index (χ1n) is 6.88. The number of nitrogens with zero attached hydrogens (tertiary/aromatic N) is 2. The normalized spacial score (nSPS) is 9.96. The summed E-state index contributed by atoms with van der Waals surface area (Å²) in [5, 5.41) is 11.1. The number of nitro groups is 1. The van der Waals surface area contributed by atoms with Crippen molar-refractivity contribution in [2.75, 3.05) is 18.6 Å². The minimum absolute atomic E-state index is 0.113. The summed E-state index contributed by atoms with van der Waals surface area (Å²) in [5.41, 5.74) is 0.657. The molecular formula is C17H16N2O4. The lowest BCUT2D eigenvalue weighted by molar-refractivity contribution is -0.385. The van der Waals surface area contributed by atoms with Crippen molar-refractivity contribution < 1.29 is 14.5 Å². The van der Waals surface area contributed by atoms with Gasteiger partial charge in [-0.1, -0.05) is 24.3 Å². The number of carbonyl (C=O) groups excluding carboxylic acids is 1. The predicted octanol–water partition coefficient (Wildman–Crippen LogP) is 3.44. The van der Waals surface area contributed by atoms with Gasteiger partial charge in [-0.25, -0.2) is 0 Å². The van der Waals surface area contributed by atoms with Gasteiger partial charge in [0, 0.05) is 23.9 Å². The summed E-state index contributed by atoms with van der Waals surface area (Å²) in [6, 6.07) is 13.2. The van der Waals surface area contributed by atoms with Gasteiger partial charge in [-0.2, -0.15) is 0 Å². The van der Waals surface area contributed by atoms with Crippen LogP contribution in [-0.4, -0.2) is 24.5 Å². The molecule has 6 nitrogen and oxygen atoms in total. The molecule has 2 aromatic rings. The van der Waals surface area contributed by atoms with E-state index in [1.807, 2.05) is 18.2 Å². The maximum absolute atomic E-state index is 12.7. The Balaban J connectivity index is 2.43. The Morgan fingerprint density at radius 2 is 2.00 bits per heavy atom. The van der Waals surface area contributed by atoms with E-state index in [1.165, 1.54) is 30.2 Å². The van der Waals surface area contributed by atoms with Gasteiger partial charge in [0.05, 0.1) is 12.0 Å². The third kappa shape index (κ3) is 3.55. The minimum atomic E-state index is -0.573. The first-order valence-corrected chi connectivity index (χ1v) is 6.88. The molecule has 0 atom stereocenters. The summed E-state index contributed by atoms with van der Waals surface area (Å²) in [4.78, 5) is 24.8. The average Bonchev–Trinajstić information content (AvgIpc) is 2.59. The molecule has 118 valence electrons. The second-order valence-electron chi connectivity index (χ2n) is 4.68. The fourth-order valence-electron chi connectivity index (χ4n) is 2.16. The van der Waals surface area contributed by atoms with Crippen molar-refractivity contribution in [3.8, 4) is 5.75 Å². The summed E-state index contributed by atoms with van der Waals surface area (Å²) >= 11 is 0. The first kappa shape index (κ1) is 16.2. The fraction of sp³-hybridized carbons (Fsp3) is 0.118. The standard InChI is InChI=1S/C17H16N2O4/c1-3-11-18(14-7-5-4-6-8-14)17(20)13-9-10-16(23-2)15(12-13)19(21)22/h3-10,12H,1,11H2,2H3. The Labute approximate surface area is 133 Å². The number of nitro benzene ring substituents is 1. The van der Waals surface area contributed by atoms with Gasteiger partial charge in [0.2, 0.25) is 0 Å². The highest BCUT2D eigenvalue weighted by Crippen LogP contribution is 2.28. The van der Waals surface area contributed by atoms with E-state index in [4.69, 9.17) is 4.74 Å². The van der Waals surface area contributed by atoms with Gasteiger partial charge in [-0.15, -0.1) is 6.58 Å². The number of amides is 1. The van der Waals surface area contributed by atoms with Crippen LogP contribution in [0.2, 0.25) is 0 Å². The summed E-state index contributed by atoms with van der Waals surface area (Å²) in [6.07, 6.45) is 1.60. The molecule has 0 heterocycles. The molecule has 0 aliphatic carbocycles. The SMILES string of the molecule is C=CCN(C(=O)c1ccc(OC)c([N+](=O)[O-])c1)c1ccccc1. The molecule has 0 saturated carbocycles. The largest absolute Gasteiger partial charge is 0.490 e. The maximum Gasteiger partial charge on any atom is 0.311 e. The van der Waals surface area contributed by atoms with Crippen molar-refractivity contribution in [1.82, 2.24) is 0 Å². The fourth-order valence-corrected chi connectivity index (χ4v) is 2.16. The molecule has 0 aromatic heterocycles. The number of ether oxygens (including phenoxy) is 1. The number of methoxy groups -OCH3 is 1. The van der Waals surface area contributed by atoms with E-state index in [9.17, 15) is 14.9 Å². The van der Waals surface area contributed by atoms with Crippen molar-refractivity contribution in [3.05, 3.63) is 76.9 Å². The highest BCUT2D eigenvalue weighted by atomic mass is 16.6. The van der Waals surface area contributed by atoms with E-state index >= 15 is 0 Å². The van der Waals surface area contributed by atoms with E-state index in [0.29, 0.717) is 12.2 Å². The van der Waals surface area contributed by atoms with Crippen LogP contribution < -0.4 is 9.64 Å². The molecule has 0 aliphatic heterocycles. The summed E-state index contributed by atoms with van der Waals surface area (Å²) in [6.45, 7) is 3.95. The van der Waals surface area contributed by atoms with Crippen LogP contribution in [-0.2, 0) is 0 Å². The van der Waals surface area contributed by atoms with E-state index in [1.54, 1.807) is 18.2 Å². The van der Waals surface area contributed by atoms with Gasteiger partial charge in [-0.3, -0.25) is 14.9 Å². The molecule has 0 N–H and O–H groups in total. The molecule has 2 aromatic carbocycles. The number of anilines is 1. The molecule has 0 fully saturated rings. The Bertz CT molecular complexity index is 729. The molecule has 1 amide bonds. The number of carbonyl (C=O) groups is 1. The zero-order valence-corrected chi connectivity index (χ0v) is 12.6. The second-order valence-corrected chi connectivity index (χ2v) is 4.68. The van der Waals surface area contributed by atoms with Crippen LogP contribution in [0.15, 0.2) is 61.2 Å². The van der Waals surface area contributed by atoms with Crippen LogP contribution >= 0.6 is 0 Å². The lowest BCUT2D eigenvalue weighted by Crippen LogP contribution is -2.31. The maximum atomic E-state index is 12.7. The van der Waals surface area contributed by atoms with Gasteiger partial charge < -0.3 is 9.64 Å². The topological polar surface area (TPSA) is 72.7 Å². The van der Waals surface area contributed by atoms with Gasteiger partial charge in [0.15, 0.2) is 5.75 Å². The van der Waals surface area contributed by atoms with E-state index in [-0.39, 0.29) is 22.9 Å². The van der Waals surface area contributed by atoms with Gasteiger partial charge in [0.25, 0.3) is 5.91 Å². The van der Waals surface area contributed by atoms with Crippen LogP contribution in [0, 0.1) is 10.1 Å². The number of benzene rings is 2. The second kappa shape index (κ2) is 7.22. The van der Waals surface area contributed by atoms with Crippen molar-refractivity contribution in [3.63, 3.8) is 0 Å². The smallest absolute Gasteiger partial charge is 0.311 e. The summed E-state index contributed by atoms with van der Waals surface area (Å²) < 4.78 is 4.95. The molecule has 0 saturated heterocycles. The van der Waals surface area contributed by atoms with Crippen molar-refractivity contribution in [2.45, 2.75) is 0 Å². The average molecular weight is 312 g/mol. The van der Waals surface area contributed by atoms with Gasteiger partial charge in [0.1, 0.15) is 0 Å². The Hall–Kier alpha value is -3.15. The third-order valence-corrected chi connectivity index (χ3v) is 3.25. The minimum Gasteiger partial charge on any atom is -0.490 e.